The van der Waals surface area contributed by atoms with Crippen molar-refractivity contribution in [3.63, 3.8) is 0 Å². The number of aliphatic hydroxyl groups is 1. The highest BCUT2D eigenvalue weighted by Crippen LogP contribution is 2.27. The molecular formula is C15H22N4O2. The van der Waals surface area contributed by atoms with Gasteiger partial charge in [-0.05, 0) is 44.7 Å². The number of amides is 1. The third kappa shape index (κ3) is 3.22. The van der Waals surface area contributed by atoms with E-state index in [4.69, 9.17) is 0 Å². The first kappa shape index (κ1) is 14.4. The van der Waals surface area contributed by atoms with Gasteiger partial charge in [-0.25, -0.2) is 0 Å². The highest BCUT2D eigenvalue weighted by Gasteiger charge is 2.36. The van der Waals surface area contributed by atoms with Gasteiger partial charge in [-0.1, -0.05) is 0 Å². The van der Waals surface area contributed by atoms with Crippen molar-refractivity contribution in [2.24, 2.45) is 0 Å². The Morgan fingerprint density at radius 1 is 1.33 bits per heavy atom. The van der Waals surface area contributed by atoms with Crippen molar-refractivity contribution < 1.29 is 9.90 Å². The SMILES string of the molecule is Cc1ccc(C(=O)N[C@@H]2CCC[C@@H]2N2CCC(O)C2)nn1. The predicted octanol–water partition coefficient (Wildman–Crippen LogP) is 0.503. The van der Waals surface area contributed by atoms with Gasteiger partial charge in [0.05, 0.1) is 11.8 Å². The van der Waals surface area contributed by atoms with E-state index in [9.17, 15) is 9.90 Å². The van der Waals surface area contributed by atoms with Gasteiger partial charge in [0.1, 0.15) is 0 Å². The second kappa shape index (κ2) is 6.07. The molecule has 1 amide bonds. The first-order valence-corrected chi connectivity index (χ1v) is 7.67. The average Bonchev–Trinajstić information content (AvgIpc) is 3.08. The Hall–Kier alpha value is -1.53. The van der Waals surface area contributed by atoms with E-state index in [1.165, 1.54) is 0 Å². The molecule has 0 radical (unpaired) electrons. The van der Waals surface area contributed by atoms with Crippen LogP contribution in [0.25, 0.3) is 0 Å². The molecule has 1 unspecified atom stereocenters. The van der Waals surface area contributed by atoms with Crippen LogP contribution in [0.4, 0.5) is 0 Å². The third-order valence-corrected chi connectivity index (χ3v) is 4.49. The summed E-state index contributed by atoms with van der Waals surface area (Å²) in [4.78, 5) is 14.6. The molecule has 1 saturated carbocycles. The van der Waals surface area contributed by atoms with Gasteiger partial charge in [0.2, 0.25) is 0 Å². The van der Waals surface area contributed by atoms with Crippen LogP contribution in [0.2, 0.25) is 0 Å². The lowest BCUT2D eigenvalue weighted by Gasteiger charge is -2.29. The van der Waals surface area contributed by atoms with Crippen molar-refractivity contribution in [1.82, 2.24) is 20.4 Å². The summed E-state index contributed by atoms with van der Waals surface area (Å²) in [6, 6.07) is 3.99. The summed E-state index contributed by atoms with van der Waals surface area (Å²) in [5, 5.41) is 20.6. The molecule has 0 bridgehead atoms. The van der Waals surface area contributed by atoms with Crippen LogP contribution >= 0.6 is 0 Å². The molecule has 3 atom stereocenters. The van der Waals surface area contributed by atoms with Gasteiger partial charge in [-0.3, -0.25) is 9.69 Å². The van der Waals surface area contributed by atoms with Gasteiger partial charge in [-0.2, -0.15) is 5.10 Å². The average molecular weight is 290 g/mol. The number of likely N-dealkylation sites (tertiary alicyclic amines) is 1. The van der Waals surface area contributed by atoms with E-state index in [1.807, 2.05) is 6.92 Å². The molecule has 0 aromatic carbocycles. The summed E-state index contributed by atoms with van der Waals surface area (Å²) < 4.78 is 0. The summed E-state index contributed by atoms with van der Waals surface area (Å²) in [5.41, 5.74) is 1.17. The summed E-state index contributed by atoms with van der Waals surface area (Å²) >= 11 is 0. The molecule has 1 aromatic rings. The lowest BCUT2D eigenvalue weighted by Crippen LogP contribution is -2.48. The molecule has 1 aliphatic carbocycles. The van der Waals surface area contributed by atoms with Gasteiger partial charge in [-0.15, -0.1) is 5.10 Å². The Bertz CT molecular complexity index is 505. The monoisotopic (exact) mass is 290 g/mol. The molecule has 6 nitrogen and oxygen atoms in total. The van der Waals surface area contributed by atoms with Crippen LogP contribution < -0.4 is 5.32 Å². The van der Waals surface area contributed by atoms with E-state index in [0.717, 1.165) is 44.5 Å². The largest absolute Gasteiger partial charge is 0.392 e. The standard InChI is InChI=1S/C15H22N4O2/c1-10-5-6-13(18-17-10)15(21)16-12-3-2-4-14(12)19-8-7-11(20)9-19/h5-6,11-12,14,20H,2-4,7-9H2,1H3,(H,16,21)/t11?,12-,14+/m1/s1. The highest BCUT2D eigenvalue weighted by atomic mass is 16.3. The zero-order valence-electron chi connectivity index (χ0n) is 12.3. The Morgan fingerprint density at radius 3 is 2.86 bits per heavy atom. The van der Waals surface area contributed by atoms with Crippen LogP contribution in [-0.2, 0) is 0 Å². The molecule has 1 aliphatic heterocycles. The number of nitrogens with one attached hydrogen (secondary N) is 1. The number of nitrogens with zero attached hydrogens (tertiary/aromatic N) is 3. The lowest BCUT2D eigenvalue weighted by molar-refractivity contribution is 0.0899. The number of carbonyl (C=O) groups excluding carboxylic acids is 1. The van der Waals surface area contributed by atoms with Crippen LogP contribution in [-0.4, -0.2) is 57.4 Å². The molecule has 2 aliphatic rings. The fourth-order valence-corrected chi connectivity index (χ4v) is 3.38. The van der Waals surface area contributed by atoms with Gasteiger partial charge >= 0.3 is 0 Å². The lowest BCUT2D eigenvalue weighted by atomic mass is 10.1. The minimum Gasteiger partial charge on any atom is -0.392 e. The van der Waals surface area contributed by atoms with E-state index >= 15 is 0 Å². The minimum atomic E-state index is -0.218. The molecule has 1 saturated heterocycles. The minimum absolute atomic E-state index is 0.144. The number of hydrogen-bond donors (Lipinski definition) is 2. The first-order chi connectivity index (χ1) is 10.1. The zero-order valence-corrected chi connectivity index (χ0v) is 12.3. The van der Waals surface area contributed by atoms with Gasteiger partial charge in [0, 0.05) is 25.2 Å². The van der Waals surface area contributed by atoms with Crippen LogP contribution in [0, 0.1) is 6.92 Å². The fourth-order valence-electron chi connectivity index (χ4n) is 3.38. The predicted molar refractivity (Wildman–Crippen MR) is 77.9 cm³/mol. The molecule has 2 fully saturated rings. The summed E-state index contributed by atoms with van der Waals surface area (Å²) in [6.07, 6.45) is 3.80. The number of aromatic nitrogens is 2. The second-order valence-corrected chi connectivity index (χ2v) is 6.08. The molecular weight excluding hydrogens is 268 g/mol. The van der Waals surface area contributed by atoms with E-state index in [0.29, 0.717) is 11.7 Å². The quantitative estimate of drug-likeness (QED) is 0.847. The Morgan fingerprint density at radius 2 is 2.19 bits per heavy atom. The van der Waals surface area contributed by atoms with E-state index in [1.54, 1.807) is 12.1 Å². The normalized spacial score (nSPS) is 29.7. The van der Waals surface area contributed by atoms with Crippen molar-refractivity contribution >= 4 is 5.91 Å². The molecule has 21 heavy (non-hydrogen) atoms. The van der Waals surface area contributed by atoms with Gasteiger partial charge in [0.25, 0.3) is 5.91 Å². The Balaban J connectivity index is 1.63. The number of rotatable bonds is 3. The summed E-state index contributed by atoms with van der Waals surface area (Å²) in [5.74, 6) is -0.154. The fraction of sp³-hybridized carbons (Fsp3) is 0.667. The maximum atomic E-state index is 12.3. The van der Waals surface area contributed by atoms with Crippen molar-refractivity contribution in [3.05, 3.63) is 23.5 Å². The number of hydrogen-bond acceptors (Lipinski definition) is 5. The molecule has 114 valence electrons. The topological polar surface area (TPSA) is 78.4 Å². The van der Waals surface area contributed by atoms with E-state index in [-0.39, 0.29) is 18.1 Å². The number of β-amino-alcohol motifs (C(OH)–C–C–N with tert-alkyl or cyclic N) is 1. The Kier molecular flexibility index (Phi) is 4.17. The number of aliphatic hydroxyl groups excluding tert-OH is 1. The zero-order chi connectivity index (χ0) is 14.8. The molecule has 2 heterocycles. The summed E-state index contributed by atoms with van der Waals surface area (Å²) in [7, 11) is 0. The smallest absolute Gasteiger partial charge is 0.272 e. The van der Waals surface area contributed by atoms with Gasteiger partial charge in [0.15, 0.2) is 5.69 Å². The van der Waals surface area contributed by atoms with Crippen LogP contribution in [0.3, 0.4) is 0 Å². The number of carbonyl (C=O) groups is 1. The highest BCUT2D eigenvalue weighted by molar-refractivity contribution is 5.92. The third-order valence-electron chi connectivity index (χ3n) is 4.49. The van der Waals surface area contributed by atoms with Crippen molar-refractivity contribution in [1.29, 1.82) is 0 Å². The first-order valence-electron chi connectivity index (χ1n) is 7.67. The number of aryl methyl sites for hydroxylation is 1. The Labute approximate surface area is 124 Å². The van der Waals surface area contributed by atoms with Crippen LogP contribution in [0.1, 0.15) is 41.9 Å². The molecule has 1 aromatic heterocycles. The van der Waals surface area contributed by atoms with E-state index < -0.39 is 0 Å². The van der Waals surface area contributed by atoms with Gasteiger partial charge < -0.3 is 10.4 Å². The van der Waals surface area contributed by atoms with Crippen molar-refractivity contribution in [2.75, 3.05) is 13.1 Å². The second-order valence-electron chi connectivity index (χ2n) is 6.08. The van der Waals surface area contributed by atoms with E-state index in [2.05, 4.69) is 20.4 Å². The van der Waals surface area contributed by atoms with Crippen LogP contribution in [0.5, 0.6) is 0 Å². The van der Waals surface area contributed by atoms with Crippen molar-refractivity contribution in [3.8, 4) is 0 Å². The molecule has 6 heteroatoms. The van der Waals surface area contributed by atoms with Crippen LogP contribution in [0.15, 0.2) is 12.1 Å². The maximum Gasteiger partial charge on any atom is 0.272 e. The summed E-state index contributed by atoms with van der Waals surface area (Å²) in [6.45, 7) is 3.49. The molecule has 2 N–H and O–H groups in total. The molecule has 3 rings (SSSR count). The maximum absolute atomic E-state index is 12.3. The molecule has 0 spiro atoms. The van der Waals surface area contributed by atoms with Crippen molar-refractivity contribution in [2.45, 2.75) is 50.8 Å².